The Balaban J connectivity index is 1.89. The summed E-state index contributed by atoms with van der Waals surface area (Å²) in [5.74, 6) is -1.56. The number of carbonyl (C=O) groups excluding carboxylic acids is 1. The van der Waals surface area contributed by atoms with Crippen LogP contribution in [0.1, 0.15) is 12.5 Å². The molecule has 114 valence electrons. The average Bonchev–Trinajstić information content (AvgIpc) is 2.37. The molecule has 1 aliphatic heterocycles. The molecule has 21 heavy (non-hydrogen) atoms. The smallest absolute Gasteiger partial charge is 0.329 e. The molecule has 2 N–H and O–H groups in total. The molecule has 1 saturated heterocycles. The van der Waals surface area contributed by atoms with Crippen molar-refractivity contribution in [2.45, 2.75) is 19.4 Å². The topological polar surface area (TPSA) is 78.9 Å². The minimum atomic E-state index is -1.05. The standard InChI is InChI=1S/C14H17FN2O4/c1-9-3-4-10(15)11(5-9)16-13(20)17-7-14(2,8-17)21-6-12(18)19/h3-5H,6-8H2,1-2H3,(H,16,20)(H,18,19). The zero-order chi connectivity index (χ0) is 15.6. The largest absolute Gasteiger partial charge is 0.480 e. The van der Waals surface area contributed by atoms with E-state index in [1.807, 2.05) is 0 Å². The Morgan fingerprint density at radius 3 is 2.76 bits per heavy atom. The first-order valence-corrected chi connectivity index (χ1v) is 6.47. The molecule has 2 rings (SSSR count). The fraction of sp³-hybridized carbons (Fsp3) is 0.429. The highest BCUT2D eigenvalue weighted by atomic mass is 19.1. The van der Waals surface area contributed by atoms with Gasteiger partial charge in [0.1, 0.15) is 18.0 Å². The van der Waals surface area contributed by atoms with Crippen LogP contribution in [0.4, 0.5) is 14.9 Å². The molecule has 0 aromatic heterocycles. The lowest BCUT2D eigenvalue weighted by Crippen LogP contribution is -2.64. The van der Waals surface area contributed by atoms with Crippen LogP contribution < -0.4 is 5.32 Å². The molecule has 0 unspecified atom stereocenters. The maximum Gasteiger partial charge on any atom is 0.329 e. The molecule has 2 amide bonds. The molecule has 6 nitrogen and oxygen atoms in total. The molecule has 0 spiro atoms. The van der Waals surface area contributed by atoms with Gasteiger partial charge in [-0.3, -0.25) is 0 Å². The number of nitrogens with one attached hydrogen (secondary N) is 1. The summed E-state index contributed by atoms with van der Waals surface area (Å²) < 4.78 is 18.8. The summed E-state index contributed by atoms with van der Waals surface area (Å²) in [7, 11) is 0. The number of urea groups is 1. The number of benzene rings is 1. The number of rotatable bonds is 4. The van der Waals surface area contributed by atoms with Gasteiger partial charge in [0.15, 0.2) is 0 Å². The summed E-state index contributed by atoms with van der Waals surface area (Å²) >= 11 is 0. The average molecular weight is 296 g/mol. The minimum absolute atomic E-state index is 0.125. The van der Waals surface area contributed by atoms with Gasteiger partial charge >= 0.3 is 12.0 Å². The van der Waals surface area contributed by atoms with E-state index in [0.29, 0.717) is 0 Å². The third-order valence-corrected chi connectivity index (χ3v) is 3.25. The lowest BCUT2D eigenvalue weighted by molar-refractivity contribution is -0.159. The number of hydrogen-bond acceptors (Lipinski definition) is 3. The van der Waals surface area contributed by atoms with Gasteiger partial charge in [-0.1, -0.05) is 6.07 Å². The Morgan fingerprint density at radius 2 is 2.14 bits per heavy atom. The molecule has 0 atom stereocenters. The first kappa shape index (κ1) is 15.2. The van der Waals surface area contributed by atoms with Crippen molar-refractivity contribution in [1.82, 2.24) is 4.90 Å². The lowest BCUT2D eigenvalue weighted by Gasteiger charge is -2.46. The number of nitrogens with zero attached hydrogens (tertiary/aromatic N) is 1. The molecule has 0 radical (unpaired) electrons. The van der Waals surface area contributed by atoms with Crippen LogP contribution in [0.3, 0.4) is 0 Å². The summed E-state index contributed by atoms with van der Waals surface area (Å²) in [6.45, 7) is 3.65. The molecule has 1 fully saturated rings. The van der Waals surface area contributed by atoms with E-state index in [1.165, 1.54) is 11.0 Å². The van der Waals surface area contributed by atoms with Crippen LogP contribution in [0, 0.1) is 12.7 Å². The zero-order valence-corrected chi connectivity index (χ0v) is 11.9. The monoisotopic (exact) mass is 296 g/mol. The number of halogens is 1. The summed E-state index contributed by atoms with van der Waals surface area (Å²) in [4.78, 5) is 23.8. The van der Waals surface area contributed by atoms with Gasteiger partial charge in [-0.25, -0.2) is 14.0 Å². The number of carboxylic acid groups (broad SMARTS) is 1. The van der Waals surface area contributed by atoms with Crippen LogP contribution in [0.25, 0.3) is 0 Å². The fourth-order valence-corrected chi connectivity index (χ4v) is 2.16. The van der Waals surface area contributed by atoms with Crippen LogP contribution in [-0.2, 0) is 9.53 Å². The normalized spacial score (nSPS) is 16.2. The van der Waals surface area contributed by atoms with Crippen molar-refractivity contribution in [2.75, 3.05) is 25.0 Å². The van der Waals surface area contributed by atoms with Gasteiger partial charge in [0.2, 0.25) is 0 Å². The van der Waals surface area contributed by atoms with Gasteiger partial charge in [0.05, 0.1) is 18.8 Å². The molecule has 0 saturated carbocycles. The SMILES string of the molecule is Cc1ccc(F)c(NC(=O)N2CC(C)(OCC(=O)O)C2)c1. The van der Waals surface area contributed by atoms with Crippen molar-refractivity contribution in [3.05, 3.63) is 29.6 Å². The summed E-state index contributed by atoms with van der Waals surface area (Å²) in [6, 6.07) is 4.02. The van der Waals surface area contributed by atoms with E-state index in [2.05, 4.69) is 5.32 Å². The fourth-order valence-electron chi connectivity index (χ4n) is 2.16. The van der Waals surface area contributed by atoms with Gasteiger partial charge in [0.25, 0.3) is 0 Å². The lowest BCUT2D eigenvalue weighted by atomic mass is 9.97. The predicted molar refractivity (Wildman–Crippen MR) is 73.7 cm³/mol. The van der Waals surface area contributed by atoms with E-state index in [9.17, 15) is 14.0 Å². The highest BCUT2D eigenvalue weighted by molar-refractivity contribution is 5.90. The van der Waals surface area contributed by atoms with Gasteiger partial charge < -0.3 is 20.1 Å². The van der Waals surface area contributed by atoms with Crippen molar-refractivity contribution in [1.29, 1.82) is 0 Å². The number of anilines is 1. The van der Waals surface area contributed by atoms with Crippen LogP contribution >= 0.6 is 0 Å². The van der Waals surface area contributed by atoms with Crippen molar-refractivity contribution in [3.63, 3.8) is 0 Å². The Labute approximate surface area is 121 Å². The molecular weight excluding hydrogens is 279 g/mol. The van der Waals surface area contributed by atoms with Crippen molar-refractivity contribution >= 4 is 17.7 Å². The molecular formula is C14H17FN2O4. The number of aliphatic carboxylic acids is 1. The van der Waals surface area contributed by atoms with Crippen molar-refractivity contribution in [2.24, 2.45) is 0 Å². The van der Waals surface area contributed by atoms with E-state index >= 15 is 0 Å². The summed E-state index contributed by atoms with van der Waals surface area (Å²) in [5.41, 5.74) is 0.297. The zero-order valence-electron chi connectivity index (χ0n) is 11.9. The maximum atomic E-state index is 13.6. The second-order valence-corrected chi connectivity index (χ2v) is 5.40. The number of carboxylic acids is 1. The first-order valence-electron chi connectivity index (χ1n) is 6.47. The van der Waals surface area contributed by atoms with Gasteiger partial charge in [0, 0.05) is 0 Å². The Bertz CT molecular complexity index is 570. The molecule has 1 aromatic carbocycles. The van der Waals surface area contributed by atoms with E-state index in [-0.39, 0.29) is 18.8 Å². The second-order valence-electron chi connectivity index (χ2n) is 5.40. The highest BCUT2D eigenvalue weighted by Crippen LogP contribution is 2.26. The van der Waals surface area contributed by atoms with Gasteiger partial charge in [-0.15, -0.1) is 0 Å². The number of aryl methyl sites for hydroxylation is 1. The molecule has 7 heteroatoms. The van der Waals surface area contributed by atoms with E-state index in [1.54, 1.807) is 26.0 Å². The highest BCUT2D eigenvalue weighted by Gasteiger charge is 2.42. The summed E-state index contributed by atoms with van der Waals surface area (Å²) in [6.07, 6.45) is 0. The summed E-state index contributed by atoms with van der Waals surface area (Å²) in [5, 5.41) is 11.1. The van der Waals surface area contributed by atoms with E-state index in [4.69, 9.17) is 9.84 Å². The molecule has 1 heterocycles. The number of likely N-dealkylation sites (tertiary alicyclic amines) is 1. The number of ether oxygens (including phenoxy) is 1. The van der Waals surface area contributed by atoms with Gasteiger partial charge in [-0.2, -0.15) is 0 Å². The third-order valence-electron chi connectivity index (χ3n) is 3.25. The second kappa shape index (κ2) is 5.69. The maximum absolute atomic E-state index is 13.6. The molecule has 1 aromatic rings. The molecule has 0 bridgehead atoms. The Hall–Kier alpha value is -2.15. The number of carbonyl (C=O) groups is 2. The first-order chi connectivity index (χ1) is 9.79. The minimum Gasteiger partial charge on any atom is -0.480 e. The Kier molecular flexibility index (Phi) is 4.13. The predicted octanol–water partition coefficient (Wildman–Crippen LogP) is 1.84. The van der Waals surface area contributed by atoms with Crippen LogP contribution in [0.2, 0.25) is 0 Å². The van der Waals surface area contributed by atoms with Crippen molar-refractivity contribution < 1.29 is 23.8 Å². The van der Waals surface area contributed by atoms with Crippen LogP contribution in [0.5, 0.6) is 0 Å². The Morgan fingerprint density at radius 1 is 1.48 bits per heavy atom. The van der Waals surface area contributed by atoms with Crippen molar-refractivity contribution in [3.8, 4) is 0 Å². The van der Waals surface area contributed by atoms with E-state index in [0.717, 1.165) is 5.56 Å². The molecule has 1 aliphatic rings. The van der Waals surface area contributed by atoms with E-state index < -0.39 is 30.0 Å². The third kappa shape index (κ3) is 3.69. The van der Waals surface area contributed by atoms with Gasteiger partial charge in [-0.05, 0) is 31.5 Å². The number of hydrogen-bond donors (Lipinski definition) is 2. The van der Waals surface area contributed by atoms with Crippen LogP contribution in [-0.4, -0.2) is 47.3 Å². The van der Waals surface area contributed by atoms with Crippen LogP contribution in [0.15, 0.2) is 18.2 Å². The quantitative estimate of drug-likeness (QED) is 0.888. The number of amides is 2. The molecule has 0 aliphatic carbocycles.